The number of anilines is 2. The molecule has 0 unspecified atom stereocenters. The maximum absolute atomic E-state index is 12.2. The van der Waals surface area contributed by atoms with Crippen LogP contribution in [-0.4, -0.2) is 60.8 Å². The van der Waals surface area contributed by atoms with E-state index in [2.05, 4.69) is 19.7 Å². The van der Waals surface area contributed by atoms with Gasteiger partial charge >= 0.3 is 10.4 Å². The molecule has 0 aliphatic heterocycles. The van der Waals surface area contributed by atoms with E-state index in [4.69, 9.17) is 4.55 Å². The molecule has 0 bridgehead atoms. The lowest BCUT2D eigenvalue weighted by Gasteiger charge is -2.19. The van der Waals surface area contributed by atoms with Crippen LogP contribution in [0.3, 0.4) is 0 Å². The van der Waals surface area contributed by atoms with Crippen LogP contribution in [0.5, 0.6) is 0 Å². The van der Waals surface area contributed by atoms with Crippen molar-refractivity contribution in [3.63, 3.8) is 0 Å². The average molecular weight is 509 g/mol. The van der Waals surface area contributed by atoms with Crippen molar-refractivity contribution in [1.29, 1.82) is 0 Å². The van der Waals surface area contributed by atoms with E-state index in [1.165, 1.54) is 50.5 Å². The van der Waals surface area contributed by atoms with Gasteiger partial charge in [-0.3, -0.25) is 13.4 Å². The standard InChI is InChI=1S/C16H20N4O9S3/c1-17-15-8-5-13(11-16(15)31(23,24)25)19-18-12-3-6-14(7-4-12)20(2)30(21,22)10-9-29-32(26,27)28/h3-8,11,17H,9-10H2,1-2H3,(H,23,24,25)(H,26,27,28)/b19-18+. The SMILES string of the molecule is CNc1ccc(/N=N/c2ccc(N(C)S(=O)(=O)CCOS(=O)(=O)O)cc2)cc1S(=O)(=O)O. The van der Waals surface area contributed by atoms with E-state index in [9.17, 15) is 29.8 Å². The Bertz CT molecular complexity index is 1310. The first-order chi connectivity index (χ1) is 14.7. The van der Waals surface area contributed by atoms with Crippen molar-refractivity contribution < 1.29 is 38.5 Å². The van der Waals surface area contributed by atoms with Crippen LogP contribution in [0.4, 0.5) is 22.7 Å². The van der Waals surface area contributed by atoms with Gasteiger partial charge in [-0.1, -0.05) is 0 Å². The van der Waals surface area contributed by atoms with Gasteiger partial charge in [-0.25, -0.2) is 12.6 Å². The molecule has 0 radical (unpaired) electrons. The smallest absolute Gasteiger partial charge is 0.387 e. The monoisotopic (exact) mass is 508 g/mol. The topological polar surface area (TPSA) is 192 Å². The summed E-state index contributed by atoms with van der Waals surface area (Å²) in [5.41, 5.74) is 0.893. The Labute approximate surface area is 185 Å². The zero-order valence-electron chi connectivity index (χ0n) is 16.8. The molecule has 16 heteroatoms. The number of azo groups is 1. The normalized spacial score (nSPS) is 12.8. The highest BCUT2D eigenvalue weighted by molar-refractivity contribution is 7.92. The first-order valence-corrected chi connectivity index (χ1v) is 13.0. The number of benzene rings is 2. The van der Waals surface area contributed by atoms with Gasteiger partial charge in [0.15, 0.2) is 0 Å². The summed E-state index contributed by atoms with van der Waals surface area (Å²) in [6, 6.07) is 9.76. The summed E-state index contributed by atoms with van der Waals surface area (Å²) in [5, 5.41) is 10.5. The van der Waals surface area contributed by atoms with Gasteiger partial charge in [0.25, 0.3) is 10.1 Å². The van der Waals surface area contributed by atoms with Gasteiger partial charge in [0.05, 0.1) is 35.1 Å². The highest BCUT2D eigenvalue weighted by Gasteiger charge is 2.20. The van der Waals surface area contributed by atoms with Crippen molar-refractivity contribution in [3.8, 4) is 0 Å². The predicted octanol–water partition coefficient (Wildman–Crippen LogP) is 1.98. The molecule has 0 heterocycles. The Morgan fingerprint density at radius 2 is 1.50 bits per heavy atom. The van der Waals surface area contributed by atoms with E-state index in [0.717, 1.165) is 10.4 Å². The second-order valence-electron chi connectivity index (χ2n) is 6.16. The van der Waals surface area contributed by atoms with E-state index >= 15 is 0 Å². The summed E-state index contributed by atoms with van der Waals surface area (Å²) in [4.78, 5) is -0.364. The molecular weight excluding hydrogens is 488 g/mol. The Kier molecular flexibility index (Phi) is 7.92. The minimum atomic E-state index is -4.74. The summed E-state index contributed by atoms with van der Waals surface area (Å²) in [7, 11) is -10.4. The molecule has 32 heavy (non-hydrogen) atoms. The number of nitrogens with zero attached hydrogens (tertiary/aromatic N) is 3. The average Bonchev–Trinajstić information content (AvgIpc) is 2.70. The summed E-state index contributed by atoms with van der Waals surface area (Å²) in [6.07, 6.45) is 0. The third-order valence-electron chi connectivity index (χ3n) is 4.00. The molecule has 2 aromatic rings. The largest absolute Gasteiger partial charge is 0.397 e. The van der Waals surface area contributed by atoms with E-state index in [0.29, 0.717) is 5.69 Å². The number of sulfonamides is 1. The molecule has 0 saturated carbocycles. The van der Waals surface area contributed by atoms with Crippen molar-refractivity contribution in [2.45, 2.75) is 4.90 Å². The number of hydrogen-bond donors (Lipinski definition) is 3. The second kappa shape index (κ2) is 9.88. The zero-order chi connectivity index (χ0) is 24.2. The Balaban J connectivity index is 2.15. The van der Waals surface area contributed by atoms with Crippen LogP contribution in [0.25, 0.3) is 0 Å². The summed E-state index contributed by atoms with van der Waals surface area (Å²) >= 11 is 0. The van der Waals surface area contributed by atoms with Crippen LogP contribution in [0.1, 0.15) is 0 Å². The van der Waals surface area contributed by atoms with Crippen LogP contribution in [0, 0.1) is 0 Å². The fourth-order valence-corrected chi connectivity index (χ4v) is 4.51. The van der Waals surface area contributed by atoms with Gasteiger partial charge < -0.3 is 5.32 Å². The van der Waals surface area contributed by atoms with Crippen molar-refractivity contribution >= 4 is 53.3 Å². The van der Waals surface area contributed by atoms with Crippen molar-refractivity contribution in [1.82, 2.24) is 0 Å². The maximum Gasteiger partial charge on any atom is 0.397 e. The van der Waals surface area contributed by atoms with E-state index in [-0.39, 0.29) is 22.0 Å². The van der Waals surface area contributed by atoms with E-state index in [1.54, 1.807) is 0 Å². The van der Waals surface area contributed by atoms with Gasteiger partial charge in [0, 0.05) is 14.1 Å². The molecule has 0 aromatic heterocycles. The number of rotatable bonds is 10. The van der Waals surface area contributed by atoms with Crippen LogP contribution in [0.2, 0.25) is 0 Å². The quantitative estimate of drug-likeness (QED) is 0.316. The molecule has 0 spiro atoms. The van der Waals surface area contributed by atoms with Gasteiger partial charge in [0.1, 0.15) is 4.90 Å². The molecule has 0 fully saturated rings. The Morgan fingerprint density at radius 1 is 0.938 bits per heavy atom. The molecule has 0 atom stereocenters. The van der Waals surface area contributed by atoms with Crippen molar-refractivity contribution in [2.24, 2.45) is 10.2 Å². The first-order valence-electron chi connectivity index (χ1n) is 8.62. The van der Waals surface area contributed by atoms with E-state index < -0.39 is 42.9 Å². The highest BCUT2D eigenvalue weighted by atomic mass is 32.3. The summed E-state index contributed by atoms with van der Waals surface area (Å²) in [6.45, 7) is -0.754. The van der Waals surface area contributed by atoms with Crippen LogP contribution < -0.4 is 9.62 Å². The molecule has 0 aliphatic carbocycles. The first kappa shape index (κ1) is 25.6. The lowest BCUT2D eigenvalue weighted by atomic mass is 10.3. The number of hydrogen-bond acceptors (Lipinski definition) is 10. The van der Waals surface area contributed by atoms with Crippen molar-refractivity contribution in [3.05, 3.63) is 42.5 Å². The second-order valence-corrected chi connectivity index (χ2v) is 10.8. The molecule has 13 nitrogen and oxygen atoms in total. The molecule has 0 saturated heterocycles. The fraction of sp³-hybridized carbons (Fsp3) is 0.250. The van der Waals surface area contributed by atoms with Gasteiger partial charge in [-0.2, -0.15) is 27.1 Å². The summed E-state index contributed by atoms with van der Waals surface area (Å²) in [5.74, 6) is -0.691. The Morgan fingerprint density at radius 3 is 2.03 bits per heavy atom. The maximum atomic E-state index is 12.2. The minimum absolute atomic E-state index is 0.152. The molecular formula is C16H20N4O9S3. The lowest BCUT2D eigenvalue weighted by molar-refractivity contribution is 0.284. The van der Waals surface area contributed by atoms with Crippen molar-refractivity contribution in [2.75, 3.05) is 36.1 Å². The third-order valence-corrected chi connectivity index (χ3v) is 7.08. The van der Waals surface area contributed by atoms with Gasteiger partial charge in [-0.15, -0.1) is 0 Å². The van der Waals surface area contributed by atoms with E-state index in [1.807, 2.05) is 0 Å². The Hall–Kier alpha value is -2.63. The predicted molar refractivity (Wildman–Crippen MR) is 116 cm³/mol. The van der Waals surface area contributed by atoms with Gasteiger partial charge in [0.2, 0.25) is 10.0 Å². The lowest BCUT2D eigenvalue weighted by Crippen LogP contribution is -2.31. The molecule has 0 amide bonds. The molecule has 2 aromatic carbocycles. The van der Waals surface area contributed by atoms with Crippen LogP contribution >= 0.6 is 0 Å². The molecule has 3 N–H and O–H groups in total. The zero-order valence-corrected chi connectivity index (χ0v) is 19.2. The highest BCUT2D eigenvalue weighted by Crippen LogP contribution is 2.28. The van der Waals surface area contributed by atoms with Crippen LogP contribution in [-0.2, 0) is 34.7 Å². The number of nitrogens with one attached hydrogen (secondary N) is 1. The third kappa shape index (κ3) is 7.21. The van der Waals surface area contributed by atoms with Gasteiger partial charge in [-0.05, 0) is 42.5 Å². The molecule has 2 rings (SSSR count). The fourth-order valence-electron chi connectivity index (χ4n) is 2.38. The van der Waals surface area contributed by atoms with Crippen LogP contribution in [0.15, 0.2) is 57.6 Å². The molecule has 176 valence electrons. The summed E-state index contributed by atoms with van der Waals surface area (Å²) < 4.78 is 91.2. The molecule has 0 aliphatic rings. The minimum Gasteiger partial charge on any atom is -0.387 e.